The van der Waals surface area contributed by atoms with E-state index in [-0.39, 0.29) is 16.0 Å². The molecule has 21 heavy (non-hydrogen) atoms. The highest BCUT2D eigenvalue weighted by atomic mass is 32.1. The number of carbonyl (C=O) groups is 2. The van der Waals surface area contributed by atoms with E-state index in [1.807, 2.05) is 0 Å². The Morgan fingerprint density at radius 2 is 1.62 bits per heavy atom. The van der Waals surface area contributed by atoms with Gasteiger partial charge in [0.2, 0.25) is 0 Å². The van der Waals surface area contributed by atoms with Gasteiger partial charge in [0.25, 0.3) is 0 Å². The van der Waals surface area contributed by atoms with Gasteiger partial charge in [-0.2, -0.15) is 13.2 Å². The minimum Gasteiger partial charge on any atom is -0.478 e. The van der Waals surface area contributed by atoms with E-state index in [4.69, 9.17) is 10.2 Å². The van der Waals surface area contributed by atoms with Crippen LogP contribution in [0.3, 0.4) is 0 Å². The largest absolute Gasteiger partial charge is 0.478 e. The van der Waals surface area contributed by atoms with E-state index < -0.39 is 29.2 Å². The van der Waals surface area contributed by atoms with Crippen molar-refractivity contribution >= 4 is 23.3 Å². The molecule has 2 N–H and O–H groups in total. The van der Waals surface area contributed by atoms with Crippen molar-refractivity contribution in [3.63, 3.8) is 0 Å². The molecule has 0 aliphatic heterocycles. The molecule has 0 amide bonds. The van der Waals surface area contributed by atoms with E-state index >= 15 is 0 Å². The van der Waals surface area contributed by atoms with Gasteiger partial charge in [-0.1, -0.05) is 0 Å². The van der Waals surface area contributed by atoms with Gasteiger partial charge in [0.05, 0.1) is 11.1 Å². The molecule has 0 spiro atoms. The molecule has 1 heterocycles. The highest BCUT2D eigenvalue weighted by molar-refractivity contribution is 7.12. The average molecular weight is 316 g/mol. The predicted molar refractivity (Wildman–Crippen MR) is 68.7 cm³/mol. The van der Waals surface area contributed by atoms with Crippen LogP contribution < -0.4 is 0 Å². The lowest BCUT2D eigenvalue weighted by Crippen LogP contribution is -2.08. The molecule has 2 rings (SSSR count). The molecule has 0 saturated heterocycles. The first-order valence-corrected chi connectivity index (χ1v) is 6.34. The van der Waals surface area contributed by atoms with Crippen LogP contribution in [0, 0.1) is 0 Å². The summed E-state index contributed by atoms with van der Waals surface area (Å²) < 4.78 is 38.3. The first-order chi connectivity index (χ1) is 9.68. The summed E-state index contributed by atoms with van der Waals surface area (Å²) in [4.78, 5) is 21.7. The van der Waals surface area contributed by atoms with Crippen LogP contribution in [0.2, 0.25) is 0 Å². The number of alkyl halides is 3. The molecule has 8 heteroatoms. The highest BCUT2D eigenvalue weighted by Crippen LogP contribution is 2.34. The fourth-order valence-corrected chi connectivity index (χ4v) is 2.44. The fraction of sp³-hybridized carbons (Fsp3) is 0.0769. The Bertz CT molecular complexity index is 718. The molecule has 0 atom stereocenters. The predicted octanol–water partition coefficient (Wildman–Crippen LogP) is 3.83. The summed E-state index contributed by atoms with van der Waals surface area (Å²) in [6, 6.07) is 3.61. The lowest BCUT2D eigenvalue weighted by atomic mass is 10.0. The summed E-state index contributed by atoms with van der Waals surface area (Å²) in [5.74, 6) is -2.69. The van der Waals surface area contributed by atoms with E-state index in [2.05, 4.69) is 0 Å². The number of thiophene rings is 1. The van der Waals surface area contributed by atoms with Crippen molar-refractivity contribution in [1.29, 1.82) is 0 Å². The van der Waals surface area contributed by atoms with Gasteiger partial charge in [-0.3, -0.25) is 0 Å². The molecule has 2 aromatic rings. The molecule has 0 radical (unpaired) electrons. The summed E-state index contributed by atoms with van der Waals surface area (Å²) >= 11 is 0.852. The molecule has 0 saturated carbocycles. The van der Waals surface area contributed by atoms with E-state index in [0.717, 1.165) is 23.5 Å². The van der Waals surface area contributed by atoms with E-state index in [1.165, 1.54) is 11.4 Å². The summed E-state index contributed by atoms with van der Waals surface area (Å²) in [7, 11) is 0. The Labute approximate surface area is 120 Å². The molecule has 0 unspecified atom stereocenters. The van der Waals surface area contributed by atoms with Crippen LogP contribution in [0.1, 0.15) is 25.6 Å². The molecular formula is C13H7F3O4S. The minimum atomic E-state index is -4.69. The fourth-order valence-electron chi connectivity index (χ4n) is 1.68. The van der Waals surface area contributed by atoms with Crippen LogP contribution in [-0.2, 0) is 6.18 Å². The topological polar surface area (TPSA) is 74.6 Å². The molecule has 0 aliphatic rings. The van der Waals surface area contributed by atoms with Crippen LogP contribution in [0.5, 0.6) is 0 Å². The van der Waals surface area contributed by atoms with Crippen LogP contribution in [-0.4, -0.2) is 22.2 Å². The molecule has 110 valence electrons. The van der Waals surface area contributed by atoms with Crippen molar-refractivity contribution in [3.8, 4) is 11.1 Å². The lowest BCUT2D eigenvalue weighted by molar-refractivity contribution is -0.137. The number of halogens is 3. The first-order valence-electron chi connectivity index (χ1n) is 5.46. The van der Waals surface area contributed by atoms with E-state index in [1.54, 1.807) is 0 Å². The molecular weight excluding hydrogens is 309 g/mol. The Hall–Kier alpha value is -2.35. The van der Waals surface area contributed by atoms with Gasteiger partial charge in [-0.05, 0) is 40.8 Å². The minimum absolute atomic E-state index is 0.00553. The van der Waals surface area contributed by atoms with Crippen molar-refractivity contribution in [3.05, 3.63) is 45.6 Å². The van der Waals surface area contributed by atoms with Crippen molar-refractivity contribution in [2.24, 2.45) is 0 Å². The standard InChI is InChI=1S/C13H7F3O4S/c14-13(15,16)9-2-6(1-7(3-9)11(17)18)8-4-10(12(19)20)21-5-8/h1-5H,(H,17,18)(H,19,20). The van der Waals surface area contributed by atoms with Crippen LogP contribution in [0.25, 0.3) is 11.1 Å². The smallest absolute Gasteiger partial charge is 0.416 e. The molecule has 0 aliphatic carbocycles. The van der Waals surface area contributed by atoms with Gasteiger partial charge in [-0.15, -0.1) is 11.3 Å². The number of benzene rings is 1. The third-order valence-electron chi connectivity index (χ3n) is 2.65. The average Bonchev–Trinajstić information content (AvgIpc) is 2.86. The molecule has 4 nitrogen and oxygen atoms in total. The second-order valence-electron chi connectivity index (χ2n) is 4.11. The van der Waals surface area contributed by atoms with E-state index in [0.29, 0.717) is 6.07 Å². The maximum Gasteiger partial charge on any atom is 0.416 e. The molecule has 0 bridgehead atoms. The Kier molecular flexibility index (Phi) is 3.73. The van der Waals surface area contributed by atoms with Gasteiger partial charge in [-0.25, -0.2) is 9.59 Å². The zero-order valence-electron chi connectivity index (χ0n) is 10.1. The van der Waals surface area contributed by atoms with Gasteiger partial charge < -0.3 is 10.2 Å². The van der Waals surface area contributed by atoms with Gasteiger partial charge in [0, 0.05) is 0 Å². The SMILES string of the molecule is O=C(O)c1cc(-c2csc(C(=O)O)c2)cc(C(F)(F)F)c1. The van der Waals surface area contributed by atoms with Gasteiger partial charge in [0.15, 0.2) is 0 Å². The molecule has 1 aromatic heterocycles. The van der Waals surface area contributed by atoms with Crippen molar-refractivity contribution in [2.75, 3.05) is 0 Å². The normalized spacial score (nSPS) is 11.4. The quantitative estimate of drug-likeness (QED) is 0.902. The summed E-state index contributed by atoms with van der Waals surface area (Å²) in [6.45, 7) is 0. The monoisotopic (exact) mass is 316 g/mol. The number of aromatic carboxylic acids is 2. The molecule has 0 fully saturated rings. The van der Waals surface area contributed by atoms with Crippen LogP contribution in [0.4, 0.5) is 13.2 Å². The highest BCUT2D eigenvalue weighted by Gasteiger charge is 2.32. The summed E-state index contributed by atoms with van der Waals surface area (Å²) in [6.07, 6.45) is -4.69. The third-order valence-corrected chi connectivity index (χ3v) is 3.57. The second-order valence-corrected chi connectivity index (χ2v) is 5.02. The maximum absolute atomic E-state index is 12.8. The Morgan fingerprint density at radius 1 is 0.952 bits per heavy atom. The molecule has 1 aromatic carbocycles. The maximum atomic E-state index is 12.8. The lowest BCUT2D eigenvalue weighted by Gasteiger charge is -2.10. The van der Waals surface area contributed by atoms with E-state index in [9.17, 15) is 22.8 Å². The number of carboxylic acids is 2. The van der Waals surface area contributed by atoms with Crippen LogP contribution in [0.15, 0.2) is 29.6 Å². The third kappa shape index (κ3) is 3.22. The van der Waals surface area contributed by atoms with Crippen molar-refractivity contribution in [2.45, 2.75) is 6.18 Å². The van der Waals surface area contributed by atoms with Crippen molar-refractivity contribution < 1.29 is 33.0 Å². The Morgan fingerprint density at radius 3 is 2.10 bits per heavy atom. The van der Waals surface area contributed by atoms with Crippen LogP contribution >= 0.6 is 11.3 Å². The number of hydrogen-bond donors (Lipinski definition) is 2. The summed E-state index contributed by atoms with van der Waals surface area (Å²) in [5, 5.41) is 19.1. The number of rotatable bonds is 3. The summed E-state index contributed by atoms with van der Waals surface area (Å²) in [5.41, 5.74) is -1.37. The number of hydrogen-bond acceptors (Lipinski definition) is 3. The zero-order valence-corrected chi connectivity index (χ0v) is 11.0. The van der Waals surface area contributed by atoms with Crippen molar-refractivity contribution in [1.82, 2.24) is 0 Å². The van der Waals surface area contributed by atoms with Gasteiger partial charge >= 0.3 is 18.1 Å². The van der Waals surface area contributed by atoms with Gasteiger partial charge in [0.1, 0.15) is 4.88 Å². The first kappa shape index (κ1) is 15.0. The zero-order chi connectivity index (χ0) is 15.8. The number of carboxylic acid groups (broad SMARTS) is 2. The second kappa shape index (κ2) is 5.21. The Balaban J connectivity index is 2.59.